The maximum atomic E-state index is 3.08. The van der Waals surface area contributed by atoms with Gasteiger partial charge in [-0.15, -0.1) is 0 Å². The fraction of sp³-hybridized carbons (Fsp3) is 0.314. The van der Waals surface area contributed by atoms with Crippen molar-refractivity contribution in [2.75, 3.05) is 0 Å². The minimum Gasteiger partial charge on any atom is -0.267 e. The average molecular weight is 504 g/mol. The maximum absolute atomic E-state index is 3.08. The molecule has 2 atom stereocenters. The monoisotopic (exact) mass is 503 g/mol. The van der Waals surface area contributed by atoms with Crippen molar-refractivity contribution in [3.05, 3.63) is 132 Å². The third-order valence-corrected chi connectivity index (χ3v) is 11.2. The smallest absolute Gasteiger partial charge is 0.0286 e. The van der Waals surface area contributed by atoms with Crippen molar-refractivity contribution in [2.24, 2.45) is 0 Å². The Kier molecular flexibility index (Phi) is 7.82. The highest BCUT2D eigenvalue weighted by molar-refractivity contribution is 7.70. The van der Waals surface area contributed by atoms with Crippen LogP contribution < -0.4 is 10.6 Å². The Morgan fingerprint density at radius 3 is 1.30 bits per heavy atom. The number of rotatable bonds is 7. The number of hydrogen-bond acceptors (Lipinski definition) is 1. The van der Waals surface area contributed by atoms with Gasteiger partial charge in [-0.1, -0.05) is 141 Å². The standard InChI is InChI=1S/C35H38NP/c1-6-16-28(17-7-1)33-26-27-34(29-18-8-2-9-19-29)35(33)36(30-20-10-3-11-21-30)37(31-22-12-4-13-23-31)32-24-14-5-15-25-32/h1-2,4-9,12-19,22-25,30,33-35H,3,10-11,20-21,26-27H2/t33-,34-/m1/s1. The van der Waals surface area contributed by atoms with E-state index < -0.39 is 8.07 Å². The molecule has 0 radical (unpaired) electrons. The van der Waals surface area contributed by atoms with E-state index in [4.69, 9.17) is 0 Å². The van der Waals surface area contributed by atoms with Crippen molar-refractivity contribution in [1.29, 1.82) is 0 Å². The van der Waals surface area contributed by atoms with Crippen LogP contribution in [-0.2, 0) is 0 Å². The van der Waals surface area contributed by atoms with Gasteiger partial charge in [0.25, 0.3) is 0 Å². The normalized spacial score (nSPS) is 21.0. The van der Waals surface area contributed by atoms with Crippen LogP contribution in [0.15, 0.2) is 121 Å². The zero-order chi connectivity index (χ0) is 24.9. The summed E-state index contributed by atoms with van der Waals surface area (Å²) in [5.74, 6) is 1.09. The van der Waals surface area contributed by atoms with Gasteiger partial charge in [-0.05, 0) is 47.4 Å². The highest BCUT2D eigenvalue weighted by Crippen LogP contribution is 2.55. The van der Waals surface area contributed by atoms with Crippen LogP contribution in [0.4, 0.5) is 0 Å². The molecule has 4 aromatic carbocycles. The van der Waals surface area contributed by atoms with Crippen LogP contribution in [0.1, 0.15) is 67.9 Å². The first-order chi connectivity index (χ1) is 18.4. The molecule has 2 fully saturated rings. The SMILES string of the molecule is c1ccc([C@H]2CC[C@H](c3ccccc3)C2N(C2CCCCC2)P(c2ccccc2)c2ccccc2)cc1. The van der Waals surface area contributed by atoms with Gasteiger partial charge < -0.3 is 0 Å². The molecule has 0 saturated heterocycles. The van der Waals surface area contributed by atoms with Gasteiger partial charge in [0, 0.05) is 32.0 Å². The number of hydrogen-bond donors (Lipinski definition) is 0. The molecule has 2 heteroatoms. The summed E-state index contributed by atoms with van der Waals surface area (Å²) >= 11 is 0. The van der Waals surface area contributed by atoms with Crippen LogP contribution in [0, 0.1) is 0 Å². The number of benzene rings is 4. The van der Waals surface area contributed by atoms with Crippen LogP contribution in [0.25, 0.3) is 0 Å². The summed E-state index contributed by atoms with van der Waals surface area (Å²) in [7, 11) is -0.649. The second-order valence-corrected chi connectivity index (χ2v) is 12.9. The molecule has 37 heavy (non-hydrogen) atoms. The topological polar surface area (TPSA) is 3.24 Å². The minimum absolute atomic E-state index is 0.486. The Morgan fingerprint density at radius 1 is 0.459 bits per heavy atom. The molecule has 0 bridgehead atoms. The van der Waals surface area contributed by atoms with E-state index in [0.717, 1.165) is 0 Å². The summed E-state index contributed by atoms with van der Waals surface area (Å²) in [4.78, 5) is 0. The summed E-state index contributed by atoms with van der Waals surface area (Å²) in [6.45, 7) is 0. The van der Waals surface area contributed by atoms with E-state index >= 15 is 0 Å². The molecule has 0 spiro atoms. The molecule has 0 aromatic heterocycles. The number of nitrogens with zero attached hydrogens (tertiary/aromatic N) is 1. The van der Waals surface area contributed by atoms with Gasteiger partial charge in [-0.3, -0.25) is 4.67 Å². The lowest BCUT2D eigenvalue weighted by Gasteiger charge is -2.48. The predicted molar refractivity (Wildman–Crippen MR) is 159 cm³/mol. The van der Waals surface area contributed by atoms with Gasteiger partial charge in [-0.2, -0.15) is 0 Å². The zero-order valence-corrected chi connectivity index (χ0v) is 22.6. The second-order valence-electron chi connectivity index (χ2n) is 10.8. The van der Waals surface area contributed by atoms with Gasteiger partial charge >= 0.3 is 0 Å². The molecule has 0 aliphatic heterocycles. The molecule has 2 aliphatic rings. The second kappa shape index (κ2) is 11.8. The van der Waals surface area contributed by atoms with Gasteiger partial charge in [0.05, 0.1) is 0 Å². The Bertz CT molecular complexity index is 1130. The molecule has 4 aromatic rings. The summed E-state index contributed by atoms with van der Waals surface area (Å²) < 4.78 is 3.08. The van der Waals surface area contributed by atoms with Gasteiger partial charge in [-0.25, -0.2) is 0 Å². The third-order valence-electron chi connectivity index (χ3n) is 8.56. The van der Waals surface area contributed by atoms with Crippen molar-refractivity contribution < 1.29 is 0 Å². The lowest BCUT2D eigenvalue weighted by atomic mass is 9.85. The molecule has 0 heterocycles. The van der Waals surface area contributed by atoms with E-state index in [2.05, 4.69) is 126 Å². The third kappa shape index (κ3) is 5.31. The van der Waals surface area contributed by atoms with E-state index in [1.165, 1.54) is 66.7 Å². The van der Waals surface area contributed by atoms with Crippen LogP contribution in [-0.4, -0.2) is 16.8 Å². The summed E-state index contributed by atoms with van der Waals surface area (Å²) in [6, 6.07) is 46.8. The van der Waals surface area contributed by atoms with Gasteiger partial charge in [0.2, 0.25) is 0 Å². The van der Waals surface area contributed by atoms with Crippen molar-refractivity contribution in [3.8, 4) is 0 Å². The predicted octanol–water partition coefficient (Wildman–Crippen LogP) is 8.40. The molecule has 2 aliphatic carbocycles. The van der Waals surface area contributed by atoms with Crippen molar-refractivity contribution in [1.82, 2.24) is 4.67 Å². The Balaban J connectivity index is 1.54. The molecule has 0 amide bonds. The highest BCUT2D eigenvalue weighted by atomic mass is 31.1. The Hall–Kier alpha value is -2.73. The van der Waals surface area contributed by atoms with E-state index in [9.17, 15) is 0 Å². The first-order valence-corrected chi connectivity index (χ1v) is 15.5. The Morgan fingerprint density at radius 2 is 0.865 bits per heavy atom. The zero-order valence-electron chi connectivity index (χ0n) is 21.7. The van der Waals surface area contributed by atoms with E-state index in [-0.39, 0.29) is 0 Å². The fourth-order valence-corrected chi connectivity index (χ4v) is 9.80. The maximum Gasteiger partial charge on any atom is 0.0286 e. The minimum atomic E-state index is -0.649. The van der Waals surface area contributed by atoms with Crippen molar-refractivity contribution in [2.45, 2.75) is 68.9 Å². The first-order valence-electron chi connectivity index (χ1n) is 14.2. The molecule has 6 rings (SSSR count). The molecular formula is C35H38NP. The molecule has 0 N–H and O–H groups in total. The van der Waals surface area contributed by atoms with Crippen LogP contribution in [0.3, 0.4) is 0 Å². The van der Waals surface area contributed by atoms with Crippen LogP contribution in [0.5, 0.6) is 0 Å². The molecule has 188 valence electrons. The molecule has 0 unspecified atom stereocenters. The quantitative estimate of drug-likeness (QED) is 0.229. The molecule has 1 nitrogen and oxygen atoms in total. The highest BCUT2D eigenvalue weighted by Gasteiger charge is 2.46. The van der Waals surface area contributed by atoms with Crippen LogP contribution >= 0.6 is 8.07 Å². The van der Waals surface area contributed by atoms with Gasteiger partial charge in [0.1, 0.15) is 0 Å². The van der Waals surface area contributed by atoms with Gasteiger partial charge in [0.15, 0.2) is 0 Å². The average Bonchev–Trinajstić information content (AvgIpc) is 3.43. The van der Waals surface area contributed by atoms with Crippen LogP contribution in [0.2, 0.25) is 0 Å². The summed E-state index contributed by atoms with van der Waals surface area (Å²) in [5, 5.41) is 2.97. The summed E-state index contributed by atoms with van der Waals surface area (Å²) in [5.41, 5.74) is 3.03. The fourth-order valence-electron chi connectivity index (χ4n) is 6.92. The van der Waals surface area contributed by atoms with E-state index in [1.54, 1.807) is 0 Å². The van der Waals surface area contributed by atoms with Crippen molar-refractivity contribution >= 4 is 18.7 Å². The largest absolute Gasteiger partial charge is 0.267 e. The first kappa shape index (κ1) is 24.6. The summed E-state index contributed by atoms with van der Waals surface area (Å²) in [6.07, 6.45) is 9.23. The molecular weight excluding hydrogens is 465 g/mol. The molecule has 2 saturated carbocycles. The van der Waals surface area contributed by atoms with E-state index in [1.807, 2.05) is 0 Å². The lowest BCUT2D eigenvalue weighted by Crippen LogP contribution is -2.47. The van der Waals surface area contributed by atoms with Crippen molar-refractivity contribution in [3.63, 3.8) is 0 Å². The van der Waals surface area contributed by atoms with E-state index in [0.29, 0.717) is 23.9 Å². The lowest BCUT2D eigenvalue weighted by molar-refractivity contribution is 0.192. The Labute approximate surface area is 224 Å².